The van der Waals surface area contributed by atoms with Crippen molar-refractivity contribution in [3.8, 4) is 0 Å². The fraction of sp³-hybridized carbons (Fsp3) is 0.900. The second kappa shape index (κ2) is 8.05. The Morgan fingerprint density at radius 3 is 2.37 bits per heavy atom. The molecule has 1 aromatic rings. The van der Waals surface area contributed by atoms with Gasteiger partial charge in [0.05, 0.1) is 26.4 Å². The van der Waals surface area contributed by atoms with Crippen molar-refractivity contribution in [1.82, 2.24) is 14.8 Å². The van der Waals surface area contributed by atoms with Crippen molar-refractivity contribution in [2.75, 3.05) is 51.0 Å². The zero-order valence-electron chi connectivity index (χ0n) is 17.0. The van der Waals surface area contributed by atoms with Crippen LogP contribution in [0, 0.1) is 17.3 Å². The maximum Gasteiger partial charge on any atom is 0.227 e. The fourth-order valence-electron chi connectivity index (χ4n) is 4.52. The van der Waals surface area contributed by atoms with E-state index >= 15 is 0 Å². The molecule has 0 aromatic carbocycles. The van der Waals surface area contributed by atoms with Gasteiger partial charge in [-0.25, -0.2) is 0 Å². The molecule has 1 aromatic heterocycles. The van der Waals surface area contributed by atoms with Crippen LogP contribution in [0.5, 0.6) is 0 Å². The van der Waals surface area contributed by atoms with Crippen LogP contribution in [0.1, 0.15) is 52.0 Å². The molecular weight excluding hydrogens is 344 g/mol. The van der Waals surface area contributed by atoms with E-state index in [2.05, 4.69) is 40.4 Å². The third kappa shape index (κ3) is 4.30. The van der Waals surface area contributed by atoms with Gasteiger partial charge in [-0.05, 0) is 30.6 Å². The molecule has 4 rings (SSSR count). The highest BCUT2D eigenvalue weighted by atomic mass is 16.6. The lowest BCUT2D eigenvalue weighted by atomic mass is 9.75. The molecule has 0 bridgehead atoms. The summed E-state index contributed by atoms with van der Waals surface area (Å²) in [6, 6.07) is 0. The summed E-state index contributed by atoms with van der Waals surface area (Å²) in [5, 5.41) is 9.16. The summed E-state index contributed by atoms with van der Waals surface area (Å²) in [4.78, 5) is 2.41. The van der Waals surface area contributed by atoms with Gasteiger partial charge in [-0.1, -0.05) is 20.8 Å². The lowest BCUT2D eigenvalue weighted by Crippen LogP contribution is -2.39. The van der Waals surface area contributed by atoms with Gasteiger partial charge in [-0.15, -0.1) is 10.2 Å². The van der Waals surface area contributed by atoms with E-state index in [-0.39, 0.29) is 6.10 Å². The van der Waals surface area contributed by atoms with Gasteiger partial charge < -0.3 is 19.1 Å². The van der Waals surface area contributed by atoms with Crippen LogP contribution in [-0.2, 0) is 20.8 Å². The molecule has 3 saturated heterocycles. The standard InChI is InChI=1S/C20H34N4O3/c1-20(2,3)16-4-7-23(8-5-16)19-22-21-18(17-14-26-10-11-27-17)24(19)12-15-6-9-25-13-15/h15-17H,4-14H2,1-3H3. The lowest BCUT2D eigenvalue weighted by Gasteiger charge is -2.39. The smallest absolute Gasteiger partial charge is 0.227 e. The topological polar surface area (TPSA) is 61.6 Å². The summed E-state index contributed by atoms with van der Waals surface area (Å²) < 4.78 is 19.4. The summed E-state index contributed by atoms with van der Waals surface area (Å²) in [6.07, 6.45) is 3.41. The van der Waals surface area contributed by atoms with Crippen LogP contribution in [-0.4, -0.2) is 60.9 Å². The van der Waals surface area contributed by atoms with Crippen molar-refractivity contribution in [2.24, 2.45) is 17.3 Å². The SMILES string of the molecule is CC(C)(C)C1CCN(c2nnc(C3COCCO3)n2CC2CCOC2)CC1. The van der Waals surface area contributed by atoms with Crippen LogP contribution in [0.4, 0.5) is 5.95 Å². The van der Waals surface area contributed by atoms with E-state index in [1.54, 1.807) is 0 Å². The normalized spacial score (nSPS) is 28.0. The third-order valence-electron chi connectivity index (χ3n) is 6.33. The van der Waals surface area contributed by atoms with Gasteiger partial charge in [-0.3, -0.25) is 4.57 Å². The predicted octanol–water partition coefficient (Wildman–Crippen LogP) is 2.67. The molecule has 0 aliphatic carbocycles. The molecule has 0 spiro atoms. The minimum Gasteiger partial charge on any atom is -0.381 e. The van der Waals surface area contributed by atoms with E-state index in [9.17, 15) is 0 Å². The van der Waals surface area contributed by atoms with E-state index in [0.29, 0.717) is 31.2 Å². The van der Waals surface area contributed by atoms with E-state index in [1.165, 1.54) is 12.8 Å². The Bertz CT molecular complexity index is 607. The number of nitrogens with zero attached hydrogens (tertiary/aromatic N) is 4. The lowest BCUT2D eigenvalue weighted by molar-refractivity contribution is -0.0949. The third-order valence-corrected chi connectivity index (χ3v) is 6.33. The molecule has 3 aliphatic rings. The van der Waals surface area contributed by atoms with Gasteiger partial charge in [0.25, 0.3) is 0 Å². The monoisotopic (exact) mass is 378 g/mol. The maximum atomic E-state index is 5.93. The average Bonchev–Trinajstić information content (AvgIpc) is 3.32. The Labute approximate surface area is 162 Å². The highest BCUT2D eigenvalue weighted by Gasteiger charge is 2.33. The van der Waals surface area contributed by atoms with Crippen molar-refractivity contribution in [2.45, 2.75) is 52.7 Å². The summed E-state index contributed by atoms with van der Waals surface area (Å²) in [6.45, 7) is 13.6. The minimum absolute atomic E-state index is 0.116. The molecule has 0 amide bonds. The van der Waals surface area contributed by atoms with Crippen LogP contribution >= 0.6 is 0 Å². The van der Waals surface area contributed by atoms with Crippen LogP contribution in [0.3, 0.4) is 0 Å². The predicted molar refractivity (Wildman–Crippen MR) is 103 cm³/mol. The average molecular weight is 379 g/mol. The molecule has 0 radical (unpaired) electrons. The molecule has 2 atom stereocenters. The Hall–Kier alpha value is -1.18. The first-order valence-corrected chi connectivity index (χ1v) is 10.5. The number of hydrogen-bond donors (Lipinski definition) is 0. The summed E-state index contributed by atoms with van der Waals surface area (Å²) in [5.41, 5.74) is 0.374. The van der Waals surface area contributed by atoms with Gasteiger partial charge in [-0.2, -0.15) is 0 Å². The molecule has 3 fully saturated rings. The van der Waals surface area contributed by atoms with Crippen molar-refractivity contribution >= 4 is 5.95 Å². The molecule has 4 heterocycles. The van der Waals surface area contributed by atoms with Crippen molar-refractivity contribution in [3.05, 3.63) is 5.82 Å². The van der Waals surface area contributed by atoms with Gasteiger partial charge in [0.2, 0.25) is 5.95 Å². The zero-order chi connectivity index (χ0) is 18.9. The fourth-order valence-corrected chi connectivity index (χ4v) is 4.52. The second-order valence-corrected chi connectivity index (χ2v) is 9.26. The number of aromatic nitrogens is 3. The molecule has 0 N–H and O–H groups in total. The number of piperidine rings is 1. The van der Waals surface area contributed by atoms with E-state index in [1.807, 2.05) is 0 Å². The number of ether oxygens (including phenoxy) is 3. The Morgan fingerprint density at radius 1 is 0.963 bits per heavy atom. The van der Waals surface area contributed by atoms with E-state index < -0.39 is 0 Å². The van der Waals surface area contributed by atoms with Gasteiger partial charge in [0.1, 0.15) is 6.10 Å². The largest absolute Gasteiger partial charge is 0.381 e. The van der Waals surface area contributed by atoms with E-state index in [0.717, 1.165) is 57.0 Å². The summed E-state index contributed by atoms with van der Waals surface area (Å²) in [7, 11) is 0. The summed E-state index contributed by atoms with van der Waals surface area (Å²) >= 11 is 0. The Kier molecular flexibility index (Phi) is 5.71. The van der Waals surface area contributed by atoms with Crippen LogP contribution < -0.4 is 4.90 Å². The summed E-state index contributed by atoms with van der Waals surface area (Å²) in [5.74, 6) is 3.20. The highest BCUT2D eigenvalue weighted by molar-refractivity contribution is 5.32. The quantitative estimate of drug-likeness (QED) is 0.803. The first kappa shape index (κ1) is 19.2. The molecule has 3 aliphatic heterocycles. The van der Waals surface area contributed by atoms with Crippen LogP contribution in [0.15, 0.2) is 0 Å². The van der Waals surface area contributed by atoms with Gasteiger partial charge >= 0.3 is 0 Å². The zero-order valence-corrected chi connectivity index (χ0v) is 17.0. The molecule has 7 nitrogen and oxygen atoms in total. The molecule has 152 valence electrons. The first-order chi connectivity index (χ1) is 13.0. The van der Waals surface area contributed by atoms with Gasteiger partial charge in [0.15, 0.2) is 5.82 Å². The minimum atomic E-state index is -0.116. The van der Waals surface area contributed by atoms with Crippen molar-refractivity contribution in [1.29, 1.82) is 0 Å². The molecule has 27 heavy (non-hydrogen) atoms. The number of rotatable bonds is 4. The van der Waals surface area contributed by atoms with E-state index in [4.69, 9.17) is 14.2 Å². The van der Waals surface area contributed by atoms with Crippen LogP contribution in [0.2, 0.25) is 0 Å². The van der Waals surface area contributed by atoms with Crippen molar-refractivity contribution < 1.29 is 14.2 Å². The molecule has 0 saturated carbocycles. The van der Waals surface area contributed by atoms with Gasteiger partial charge in [0, 0.05) is 32.2 Å². The van der Waals surface area contributed by atoms with Crippen molar-refractivity contribution in [3.63, 3.8) is 0 Å². The van der Waals surface area contributed by atoms with Crippen LogP contribution in [0.25, 0.3) is 0 Å². The Balaban J connectivity index is 1.53. The highest BCUT2D eigenvalue weighted by Crippen LogP contribution is 2.36. The molecule has 7 heteroatoms. The number of anilines is 1. The number of hydrogen-bond acceptors (Lipinski definition) is 6. The molecule has 2 unspecified atom stereocenters. The first-order valence-electron chi connectivity index (χ1n) is 10.5. The Morgan fingerprint density at radius 2 is 1.74 bits per heavy atom. The second-order valence-electron chi connectivity index (χ2n) is 9.26. The maximum absolute atomic E-state index is 5.93. The molecular formula is C20H34N4O3.